The molecule has 0 radical (unpaired) electrons. The van der Waals surface area contributed by atoms with Crippen LogP contribution in [-0.4, -0.2) is 52.5 Å². The lowest BCUT2D eigenvalue weighted by molar-refractivity contribution is 0.0649. The molecule has 0 bridgehead atoms. The van der Waals surface area contributed by atoms with Crippen LogP contribution in [0, 0.1) is 0 Å². The van der Waals surface area contributed by atoms with E-state index in [1.165, 1.54) is 0 Å². The fourth-order valence-electron chi connectivity index (χ4n) is 3.22. The second-order valence-corrected chi connectivity index (χ2v) is 6.02. The van der Waals surface area contributed by atoms with Crippen LogP contribution in [0.2, 0.25) is 0 Å². The molecule has 3 heterocycles. The zero-order valence-electron chi connectivity index (χ0n) is 13.9. The van der Waals surface area contributed by atoms with Crippen molar-refractivity contribution in [2.45, 2.75) is 13.0 Å². The van der Waals surface area contributed by atoms with E-state index < -0.39 is 0 Å². The van der Waals surface area contributed by atoms with Crippen LogP contribution >= 0.6 is 12.4 Å². The average Bonchev–Trinajstić information content (AvgIpc) is 3.17. The van der Waals surface area contributed by atoms with Gasteiger partial charge in [-0.2, -0.15) is 5.10 Å². The zero-order chi connectivity index (χ0) is 17.4. The summed E-state index contributed by atoms with van der Waals surface area (Å²) >= 11 is 0. The molecule has 0 fully saturated rings. The number of carbonyl (C=O) groups is 3. The normalized spacial score (nSPS) is 15.3. The lowest BCUT2D eigenvalue weighted by Crippen LogP contribution is -2.38. The van der Waals surface area contributed by atoms with Gasteiger partial charge in [-0.1, -0.05) is 12.1 Å². The zero-order valence-corrected chi connectivity index (χ0v) is 14.7. The quantitative estimate of drug-likeness (QED) is 0.675. The fraction of sp³-hybridized carbons (Fsp3) is 0.294. The fourth-order valence-corrected chi connectivity index (χ4v) is 3.22. The van der Waals surface area contributed by atoms with Crippen molar-refractivity contribution in [2.24, 2.45) is 0 Å². The molecule has 0 spiro atoms. The average molecular weight is 376 g/mol. The molecule has 136 valence electrons. The third-order valence-corrected chi connectivity index (χ3v) is 4.52. The van der Waals surface area contributed by atoms with E-state index in [0.717, 1.165) is 29.1 Å². The van der Waals surface area contributed by atoms with E-state index in [4.69, 9.17) is 0 Å². The number of benzene rings is 1. The number of amides is 3. The molecule has 2 aromatic rings. The van der Waals surface area contributed by atoms with Crippen LogP contribution in [0.4, 0.5) is 0 Å². The summed E-state index contributed by atoms with van der Waals surface area (Å²) in [4.78, 5) is 38.0. The SMILES string of the molecule is Cl.O=C(NCCN1C(=O)c2ccccc2C1=O)c1n[nH]c2c1CNCC2. The second-order valence-electron chi connectivity index (χ2n) is 6.02. The van der Waals surface area contributed by atoms with Gasteiger partial charge in [-0.15, -0.1) is 12.4 Å². The number of rotatable bonds is 4. The summed E-state index contributed by atoms with van der Waals surface area (Å²) in [6.45, 7) is 1.77. The van der Waals surface area contributed by atoms with Crippen LogP contribution in [0.1, 0.15) is 42.5 Å². The number of hydrogen-bond acceptors (Lipinski definition) is 5. The molecule has 1 aromatic carbocycles. The number of hydrogen-bond donors (Lipinski definition) is 3. The Morgan fingerprint density at radius 1 is 1.19 bits per heavy atom. The largest absolute Gasteiger partial charge is 0.349 e. The van der Waals surface area contributed by atoms with Gasteiger partial charge in [-0.3, -0.25) is 24.4 Å². The lowest BCUT2D eigenvalue weighted by atomic mass is 10.1. The maximum absolute atomic E-state index is 12.3. The first-order valence-electron chi connectivity index (χ1n) is 8.17. The highest BCUT2D eigenvalue weighted by molar-refractivity contribution is 6.21. The number of nitrogens with one attached hydrogen (secondary N) is 3. The third kappa shape index (κ3) is 2.97. The highest BCUT2D eigenvalue weighted by Gasteiger charge is 2.34. The number of halogens is 1. The van der Waals surface area contributed by atoms with Gasteiger partial charge in [0.25, 0.3) is 17.7 Å². The number of imide groups is 1. The van der Waals surface area contributed by atoms with E-state index in [-0.39, 0.29) is 43.2 Å². The number of nitrogens with zero attached hydrogens (tertiary/aromatic N) is 2. The third-order valence-electron chi connectivity index (χ3n) is 4.52. The first kappa shape index (κ1) is 18.1. The topological polar surface area (TPSA) is 107 Å². The maximum Gasteiger partial charge on any atom is 0.272 e. The summed E-state index contributed by atoms with van der Waals surface area (Å²) in [6.07, 6.45) is 0.810. The molecule has 3 amide bonds. The summed E-state index contributed by atoms with van der Waals surface area (Å²) in [5.41, 5.74) is 3.04. The Morgan fingerprint density at radius 2 is 1.88 bits per heavy atom. The van der Waals surface area contributed by atoms with E-state index in [0.29, 0.717) is 23.4 Å². The Bertz CT molecular complexity index is 844. The van der Waals surface area contributed by atoms with Crippen LogP contribution in [-0.2, 0) is 13.0 Å². The molecule has 26 heavy (non-hydrogen) atoms. The summed E-state index contributed by atoms with van der Waals surface area (Å²) < 4.78 is 0. The molecule has 0 saturated carbocycles. The van der Waals surface area contributed by atoms with E-state index in [1.54, 1.807) is 24.3 Å². The standard InChI is InChI=1S/C17H17N5O3.ClH/c23-15(14-12-9-18-6-5-13(12)20-21-14)19-7-8-22-16(24)10-3-1-2-4-11(10)17(22)25;/h1-4,18H,5-9H2,(H,19,23)(H,20,21);1H. The Labute approximate surface area is 155 Å². The van der Waals surface area contributed by atoms with Crippen molar-refractivity contribution < 1.29 is 14.4 Å². The van der Waals surface area contributed by atoms with E-state index in [2.05, 4.69) is 20.8 Å². The minimum Gasteiger partial charge on any atom is -0.349 e. The smallest absolute Gasteiger partial charge is 0.272 e. The number of aromatic amines is 1. The summed E-state index contributed by atoms with van der Waals surface area (Å²) in [5.74, 6) is -0.954. The van der Waals surface area contributed by atoms with Gasteiger partial charge >= 0.3 is 0 Å². The monoisotopic (exact) mass is 375 g/mol. The predicted molar refractivity (Wildman–Crippen MR) is 95.4 cm³/mol. The molecule has 0 atom stereocenters. The summed E-state index contributed by atoms with van der Waals surface area (Å²) in [6, 6.07) is 6.72. The first-order chi connectivity index (χ1) is 12.2. The number of carbonyl (C=O) groups excluding carboxylic acids is 3. The molecule has 0 unspecified atom stereocenters. The highest BCUT2D eigenvalue weighted by Crippen LogP contribution is 2.21. The minimum atomic E-state index is -0.323. The number of H-pyrrole nitrogens is 1. The Balaban J connectivity index is 0.00000196. The van der Waals surface area contributed by atoms with Crippen LogP contribution in [0.25, 0.3) is 0 Å². The van der Waals surface area contributed by atoms with Gasteiger partial charge in [0.05, 0.1) is 11.1 Å². The van der Waals surface area contributed by atoms with Gasteiger partial charge in [0.1, 0.15) is 0 Å². The minimum absolute atomic E-state index is 0. The van der Waals surface area contributed by atoms with Gasteiger partial charge in [0.15, 0.2) is 5.69 Å². The van der Waals surface area contributed by atoms with Crippen LogP contribution in [0.15, 0.2) is 24.3 Å². The van der Waals surface area contributed by atoms with Gasteiger partial charge in [0, 0.05) is 43.9 Å². The molecule has 0 saturated heterocycles. The molecule has 2 aliphatic rings. The van der Waals surface area contributed by atoms with Gasteiger partial charge in [0.2, 0.25) is 0 Å². The number of fused-ring (bicyclic) bond motifs is 2. The highest BCUT2D eigenvalue weighted by atomic mass is 35.5. The number of aromatic nitrogens is 2. The lowest BCUT2D eigenvalue weighted by Gasteiger charge is -2.15. The van der Waals surface area contributed by atoms with Crippen LogP contribution < -0.4 is 10.6 Å². The molecular formula is C17H18ClN5O3. The molecule has 3 N–H and O–H groups in total. The summed E-state index contributed by atoms with van der Waals surface area (Å²) in [5, 5.41) is 12.9. The molecule has 9 heteroatoms. The van der Waals surface area contributed by atoms with Crippen LogP contribution in [0.3, 0.4) is 0 Å². The first-order valence-corrected chi connectivity index (χ1v) is 8.17. The predicted octanol–water partition coefficient (Wildman–Crippen LogP) is 0.503. The molecule has 2 aliphatic heterocycles. The van der Waals surface area contributed by atoms with Crippen LogP contribution in [0.5, 0.6) is 0 Å². The molecule has 0 aliphatic carbocycles. The summed E-state index contributed by atoms with van der Waals surface area (Å²) in [7, 11) is 0. The molecular weight excluding hydrogens is 358 g/mol. The van der Waals surface area contributed by atoms with Crippen molar-refractivity contribution in [1.82, 2.24) is 25.7 Å². The van der Waals surface area contributed by atoms with Crippen molar-refractivity contribution >= 4 is 30.1 Å². The van der Waals surface area contributed by atoms with Gasteiger partial charge < -0.3 is 10.6 Å². The second kappa shape index (κ2) is 7.27. The van der Waals surface area contributed by atoms with Gasteiger partial charge in [-0.05, 0) is 12.1 Å². The van der Waals surface area contributed by atoms with E-state index in [9.17, 15) is 14.4 Å². The van der Waals surface area contributed by atoms with E-state index in [1.807, 2.05) is 0 Å². The Morgan fingerprint density at radius 3 is 2.58 bits per heavy atom. The van der Waals surface area contributed by atoms with Crippen molar-refractivity contribution in [3.63, 3.8) is 0 Å². The molecule has 8 nitrogen and oxygen atoms in total. The van der Waals surface area contributed by atoms with Crippen molar-refractivity contribution in [3.8, 4) is 0 Å². The van der Waals surface area contributed by atoms with Crippen molar-refractivity contribution in [3.05, 3.63) is 52.3 Å². The van der Waals surface area contributed by atoms with Crippen molar-refractivity contribution in [2.75, 3.05) is 19.6 Å². The van der Waals surface area contributed by atoms with Crippen molar-refractivity contribution in [1.29, 1.82) is 0 Å². The maximum atomic E-state index is 12.3. The molecule has 1 aromatic heterocycles. The van der Waals surface area contributed by atoms with E-state index >= 15 is 0 Å². The Kier molecular flexibility index (Phi) is 5.06. The molecule has 4 rings (SSSR count). The van der Waals surface area contributed by atoms with Gasteiger partial charge in [-0.25, -0.2) is 0 Å². The Hall–Kier alpha value is -2.71.